The second-order valence-corrected chi connectivity index (χ2v) is 7.07. The van der Waals surface area contributed by atoms with E-state index in [1.165, 1.54) is 22.5 Å². The van der Waals surface area contributed by atoms with E-state index in [0.717, 1.165) is 30.2 Å². The number of thiophene rings is 1. The van der Waals surface area contributed by atoms with Gasteiger partial charge >= 0.3 is 0 Å². The van der Waals surface area contributed by atoms with Crippen molar-refractivity contribution >= 4 is 34.5 Å². The third-order valence-corrected chi connectivity index (χ3v) is 4.87. The number of hydrogen-bond donors (Lipinski definition) is 2. The molecule has 0 radical (unpaired) electrons. The molecule has 0 saturated heterocycles. The molecule has 0 aliphatic carbocycles. The average molecular weight is 371 g/mol. The Morgan fingerprint density at radius 3 is 2.56 bits per heavy atom. The Hall–Kier alpha value is -2.14. The van der Waals surface area contributed by atoms with Crippen LogP contribution in [0.3, 0.4) is 0 Å². The summed E-state index contributed by atoms with van der Waals surface area (Å²) < 4.78 is 0. The maximum absolute atomic E-state index is 12.0. The molecule has 1 heterocycles. The van der Waals surface area contributed by atoms with Crippen LogP contribution in [-0.2, 0) is 13.0 Å². The van der Waals surface area contributed by atoms with E-state index in [1.807, 2.05) is 60.0 Å². The third kappa shape index (κ3) is 5.43. The van der Waals surface area contributed by atoms with Crippen molar-refractivity contribution in [2.45, 2.75) is 13.0 Å². The Morgan fingerprint density at radius 2 is 1.84 bits per heavy atom. The highest BCUT2D eigenvalue weighted by Gasteiger charge is 2.06. The largest absolute Gasteiger partial charge is 0.321 e. The van der Waals surface area contributed by atoms with Gasteiger partial charge in [-0.2, -0.15) is 0 Å². The van der Waals surface area contributed by atoms with Crippen molar-refractivity contribution < 1.29 is 4.79 Å². The molecule has 0 fully saturated rings. The minimum absolute atomic E-state index is 0.0639. The van der Waals surface area contributed by atoms with Crippen LogP contribution in [0.2, 0.25) is 5.02 Å². The Kier molecular flexibility index (Phi) is 6.23. The number of rotatable bonds is 7. The molecule has 0 atom stereocenters. The molecule has 5 heteroatoms. The van der Waals surface area contributed by atoms with Gasteiger partial charge in [0, 0.05) is 17.3 Å². The minimum Gasteiger partial charge on any atom is -0.321 e. The van der Waals surface area contributed by atoms with Gasteiger partial charge in [-0.1, -0.05) is 41.9 Å². The molecular weight excluding hydrogens is 352 g/mol. The summed E-state index contributed by atoms with van der Waals surface area (Å²) in [4.78, 5) is 12.7. The number of halogens is 1. The summed E-state index contributed by atoms with van der Waals surface area (Å²) in [5.41, 5.74) is 3.22. The van der Waals surface area contributed by atoms with Crippen molar-refractivity contribution in [1.82, 2.24) is 5.32 Å². The molecule has 2 aromatic carbocycles. The summed E-state index contributed by atoms with van der Waals surface area (Å²) in [6.45, 7) is 1.68. The van der Waals surface area contributed by atoms with Gasteiger partial charge in [-0.05, 0) is 59.8 Å². The van der Waals surface area contributed by atoms with Gasteiger partial charge < -0.3 is 10.6 Å². The van der Waals surface area contributed by atoms with Crippen molar-refractivity contribution in [3.05, 3.63) is 87.1 Å². The van der Waals surface area contributed by atoms with Gasteiger partial charge in [-0.3, -0.25) is 4.79 Å². The molecular formula is C20H19ClN2OS. The fraction of sp³-hybridized carbons (Fsp3) is 0.150. The lowest BCUT2D eigenvalue weighted by atomic mass is 10.1. The first-order valence-electron chi connectivity index (χ1n) is 8.10. The van der Waals surface area contributed by atoms with Crippen molar-refractivity contribution in [3.63, 3.8) is 0 Å². The van der Waals surface area contributed by atoms with Gasteiger partial charge in [0.25, 0.3) is 5.91 Å². The normalized spacial score (nSPS) is 10.6. The predicted octanol–water partition coefficient (Wildman–Crippen LogP) is 4.99. The van der Waals surface area contributed by atoms with Crippen molar-refractivity contribution in [2.75, 3.05) is 11.9 Å². The fourth-order valence-corrected chi connectivity index (χ4v) is 3.30. The molecule has 1 amide bonds. The van der Waals surface area contributed by atoms with Gasteiger partial charge in [0.1, 0.15) is 0 Å². The molecule has 128 valence electrons. The monoisotopic (exact) mass is 370 g/mol. The standard InChI is InChI=1S/C20H19ClN2OS/c21-17-4-1-3-16(13-17)14-22-11-10-15-6-8-18(9-7-15)23-20(24)19-5-2-12-25-19/h1-9,12-13,22H,10-11,14H2,(H,23,24). The first-order chi connectivity index (χ1) is 12.2. The second kappa shape index (κ2) is 8.81. The highest BCUT2D eigenvalue weighted by molar-refractivity contribution is 7.12. The second-order valence-electron chi connectivity index (χ2n) is 5.69. The van der Waals surface area contributed by atoms with E-state index < -0.39 is 0 Å². The lowest BCUT2D eigenvalue weighted by Crippen LogP contribution is -2.16. The zero-order valence-electron chi connectivity index (χ0n) is 13.7. The fourth-order valence-electron chi connectivity index (χ4n) is 2.47. The lowest BCUT2D eigenvalue weighted by Gasteiger charge is -2.07. The number of amides is 1. The first kappa shape index (κ1) is 17.7. The summed E-state index contributed by atoms with van der Waals surface area (Å²) in [6, 6.07) is 19.5. The first-order valence-corrected chi connectivity index (χ1v) is 9.35. The molecule has 1 aromatic heterocycles. The smallest absolute Gasteiger partial charge is 0.265 e. The average Bonchev–Trinajstić information content (AvgIpc) is 3.15. The summed E-state index contributed by atoms with van der Waals surface area (Å²) in [6.07, 6.45) is 0.930. The molecule has 0 bridgehead atoms. The van der Waals surface area contributed by atoms with Gasteiger partial charge in [0.15, 0.2) is 0 Å². The van der Waals surface area contributed by atoms with Gasteiger partial charge in [0.2, 0.25) is 0 Å². The summed E-state index contributed by atoms with van der Waals surface area (Å²) in [7, 11) is 0. The molecule has 0 unspecified atom stereocenters. The van der Waals surface area contributed by atoms with Gasteiger partial charge in [-0.25, -0.2) is 0 Å². The number of nitrogens with one attached hydrogen (secondary N) is 2. The quantitative estimate of drug-likeness (QED) is 0.575. The maximum atomic E-state index is 12.0. The van der Waals surface area contributed by atoms with E-state index in [9.17, 15) is 4.79 Å². The maximum Gasteiger partial charge on any atom is 0.265 e. The Morgan fingerprint density at radius 1 is 1.00 bits per heavy atom. The zero-order valence-corrected chi connectivity index (χ0v) is 15.2. The van der Waals surface area contributed by atoms with Crippen LogP contribution in [0.25, 0.3) is 0 Å². The van der Waals surface area contributed by atoms with Crippen LogP contribution >= 0.6 is 22.9 Å². The summed E-state index contributed by atoms with van der Waals surface area (Å²) >= 11 is 7.42. The minimum atomic E-state index is -0.0639. The molecule has 0 aliphatic heterocycles. The van der Waals surface area contributed by atoms with E-state index in [-0.39, 0.29) is 5.91 Å². The van der Waals surface area contributed by atoms with Gasteiger partial charge in [0.05, 0.1) is 4.88 Å². The van der Waals surface area contributed by atoms with Crippen molar-refractivity contribution in [3.8, 4) is 0 Å². The zero-order chi connectivity index (χ0) is 17.5. The van der Waals surface area contributed by atoms with Crippen LogP contribution in [0, 0.1) is 0 Å². The Bertz CT molecular complexity index is 816. The van der Waals surface area contributed by atoms with E-state index in [0.29, 0.717) is 4.88 Å². The summed E-state index contributed by atoms with van der Waals surface area (Å²) in [5, 5.41) is 8.99. The topological polar surface area (TPSA) is 41.1 Å². The van der Waals surface area contributed by atoms with E-state index >= 15 is 0 Å². The van der Waals surface area contributed by atoms with Crippen LogP contribution in [0.5, 0.6) is 0 Å². The Labute approximate surface area is 156 Å². The van der Waals surface area contributed by atoms with E-state index in [4.69, 9.17) is 11.6 Å². The molecule has 3 aromatic rings. The molecule has 25 heavy (non-hydrogen) atoms. The van der Waals surface area contributed by atoms with E-state index in [1.54, 1.807) is 0 Å². The van der Waals surface area contributed by atoms with Crippen LogP contribution in [0.4, 0.5) is 5.69 Å². The Balaban J connectivity index is 1.44. The van der Waals surface area contributed by atoms with Crippen molar-refractivity contribution in [2.24, 2.45) is 0 Å². The van der Waals surface area contributed by atoms with Gasteiger partial charge in [-0.15, -0.1) is 11.3 Å². The molecule has 2 N–H and O–H groups in total. The van der Waals surface area contributed by atoms with Crippen LogP contribution in [0.1, 0.15) is 20.8 Å². The highest BCUT2D eigenvalue weighted by atomic mass is 35.5. The van der Waals surface area contributed by atoms with Crippen LogP contribution < -0.4 is 10.6 Å². The molecule has 3 rings (SSSR count). The SMILES string of the molecule is O=C(Nc1ccc(CCNCc2cccc(Cl)c2)cc1)c1cccs1. The third-order valence-electron chi connectivity index (χ3n) is 3.77. The number of carbonyl (C=O) groups excluding carboxylic acids is 1. The van der Waals surface area contributed by atoms with Crippen LogP contribution in [0.15, 0.2) is 66.0 Å². The molecule has 0 spiro atoms. The number of anilines is 1. The number of carbonyl (C=O) groups is 1. The van der Waals surface area contributed by atoms with E-state index in [2.05, 4.69) is 16.7 Å². The molecule has 0 aliphatic rings. The lowest BCUT2D eigenvalue weighted by molar-refractivity contribution is 0.103. The predicted molar refractivity (Wildman–Crippen MR) is 106 cm³/mol. The summed E-state index contributed by atoms with van der Waals surface area (Å²) in [5.74, 6) is -0.0639. The highest BCUT2D eigenvalue weighted by Crippen LogP contribution is 2.14. The van der Waals surface area contributed by atoms with Crippen LogP contribution in [-0.4, -0.2) is 12.5 Å². The number of hydrogen-bond acceptors (Lipinski definition) is 3. The van der Waals surface area contributed by atoms with Crippen molar-refractivity contribution in [1.29, 1.82) is 0 Å². The number of benzene rings is 2. The molecule has 0 saturated carbocycles. The molecule has 3 nitrogen and oxygen atoms in total.